The van der Waals surface area contributed by atoms with E-state index in [4.69, 9.17) is 10.2 Å². The van der Waals surface area contributed by atoms with Gasteiger partial charge in [0.2, 0.25) is 17.7 Å². The summed E-state index contributed by atoms with van der Waals surface area (Å²) in [6.07, 6.45) is 3.62. The largest absolute Gasteiger partial charge is 0.478 e. The third-order valence-corrected chi connectivity index (χ3v) is 7.41. The van der Waals surface area contributed by atoms with Gasteiger partial charge >= 0.3 is 5.97 Å². The van der Waals surface area contributed by atoms with Crippen molar-refractivity contribution in [2.45, 2.75) is 12.8 Å². The molecule has 2 fully saturated rings. The number of hydrogen-bond donors (Lipinski definition) is 2. The van der Waals surface area contributed by atoms with Crippen molar-refractivity contribution in [2.24, 2.45) is 5.92 Å². The van der Waals surface area contributed by atoms with Gasteiger partial charge in [0.15, 0.2) is 5.76 Å². The minimum atomic E-state index is -1.19. The van der Waals surface area contributed by atoms with Crippen molar-refractivity contribution in [3.63, 3.8) is 0 Å². The molecule has 40 heavy (non-hydrogen) atoms. The Morgan fingerprint density at radius 3 is 2.67 bits per heavy atom. The molecule has 6 rings (SSSR count). The molecule has 0 unspecified atom stereocenters. The van der Waals surface area contributed by atoms with Crippen molar-refractivity contribution >= 4 is 35.0 Å². The lowest BCUT2D eigenvalue weighted by atomic mass is 9.97. The van der Waals surface area contributed by atoms with E-state index in [1.807, 2.05) is 4.90 Å². The number of nitrogens with zero attached hydrogens (tertiary/aromatic N) is 9. The van der Waals surface area contributed by atoms with Crippen LogP contribution in [-0.4, -0.2) is 91.3 Å². The summed E-state index contributed by atoms with van der Waals surface area (Å²) in [5.41, 5.74) is 6.37. The molecule has 15 nitrogen and oxygen atoms in total. The van der Waals surface area contributed by atoms with Gasteiger partial charge < -0.3 is 25.1 Å². The van der Waals surface area contributed by atoms with Gasteiger partial charge in [-0.25, -0.2) is 4.79 Å². The van der Waals surface area contributed by atoms with Gasteiger partial charge in [-0.3, -0.25) is 15.0 Å². The van der Waals surface area contributed by atoms with Crippen LogP contribution in [-0.2, 0) is 0 Å². The highest BCUT2D eigenvalue weighted by Gasteiger charge is 2.29. The quantitative estimate of drug-likeness (QED) is 0.252. The molecule has 2 aliphatic heterocycles. The standard InChI is InChI=1S/C25H28N10O5/c26-23-28-24(29-25-27-21(30-34(23)25)20-4-2-12-40-20)33-7-1-3-16(15-33)14-31-8-10-32(11-9-31)18-6-5-17(22(36)37)13-19(18)35(38)39/h2,4-6,12-13,16H,1,3,7-11,14-15H2,(H,36,37)(H2,26,27,28,29,30)/t16-/m0/s1. The number of nitrogens with two attached hydrogens (primary N) is 1. The molecule has 0 radical (unpaired) electrons. The minimum absolute atomic E-state index is 0.0946. The van der Waals surface area contributed by atoms with Crippen LogP contribution in [0.4, 0.5) is 23.3 Å². The Morgan fingerprint density at radius 2 is 1.95 bits per heavy atom. The van der Waals surface area contributed by atoms with E-state index >= 15 is 0 Å². The highest BCUT2D eigenvalue weighted by molar-refractivity contribution is 5.89. The van der Waals surface area contributed by atoms with Crippen molar-refractivity contribution in [2.75, 3.05) is 61.3 Å². The number of carboxylic acids is 1. The SMILES string of the molecule is Nc1nc(N2CCC[C@@H](CN3CCN(c4ccc(C(=O)O)cc4[N+](=O)[O-])CC3)C2)nc2nc(-c3ccco3)nn12. The molecule has 1 atom stereocenters. The predicted octanol–water partition coefficient (Wildman–Crippen LogP) is 2.01. The zero-order valence-corrected chi connectivity index (χ0v) is 21.6. The number of furan rings is 1. The highest BCUT2D eigenvalue weighted by atomic mass is 16.6. The lowest BCUT2D eigenvalue weighted by Crippen LogP contribution is -2.50. The maximum atomic E-state index is 11.6. The van der Waals surface area contributed by atoms with Crippen molar-refractivity contribution in [3.05, 3.63) is 52.3 Å². The molecule has 0 aliphatic carbocycles. The van der Waals surface area contributed by atoms with Gasteiger partial charge in [0.05, 0.1) is 16.7 Å². The average molecular weight is 549 g/mol. The van der Waals surface area contributed by atoms with Crippen LogP contribution in [0.5, 0.6) is 0 Å². The second-order valence-corrected chi connectivity index (χ2v) is 10.0. The Balaban J connectivity index is 1.10. The van der Waals surface area contributed by atoms with E-state index in [-0.39, 0.29) is 17.2 Å². The Morgan fingerprint density at radius 1 is 1.12 bits per heavy atom. The summed E-state index contributed by atoms with van der Waals surface area (Å²) in [4.78, 5) is 42.4. The first-order chi connectivity index (χ1) is 19.4. The molecule has 1 aromatic carbocycles. The van der Waals surface area contributed by atoms with Crippen LogP contribution in [0.2, 0.25) is 0 Å². The van der Waals surface area contributed by atoms with Crippen LogP contribution in [0, 0.1) is 16.0 Å². The van der Waals surface area contributed by atoms with E-state index in [9.17, 15) is 20.0 Å². The van der Waals surface area contributed by atoms with E-state index in [0.717, 1.165) is 51.6 Å². The topological polar surface area (TPSA) is 185 Å². The maximum Gasteiger partial charge on any atom is 0.335 e. The molecule has 3 N–H and O–H groups in total. The fourth-order valence-corrected chi connectivity index (χ4v) is 5.45. The Hall–Kier alpha value is -4.79. The normalized spacial score (nSPS) is 18.4. The predicted molar refractivity (Wildman–Crippen MR) is 144 cm³/mol. The molecule has 3 aromatic heterocycles. The van der Waals surface area contributed by atoms with E-state index in [1.165, 1.54) is 16.6 Å². The lowest BCUT2D eigenvalue weighted by Gasteiger charge is -2.39. The number of hydrogen-bond acceptors (Lipinski definition) is 12. The number of rotatable bonds is 7. The zero-order chi connectivity index (χ0) is 27.8. The monoisotopic (exact) mass is 548 g/mol. The lowest BCUT2D eigenvalue weighted by molar-refractivity contribution is -0.384. The first-order valence-electron chi connectivity index (χ1n) is 13.0. The third-order valence-electron chi connectivity index (χ3n) is 7.41. The summed E-state index contributed by atoms with van der Waals surface area (Å²) in [6, 6.07) is 7.61. The second-order valence-electron chi connectivity index (χ2n) is 10.0. The summed E-state index contributed by atoms with van der Waals surface area (Å²) in [5, 5.41) is 25.2. The van der Waals surface area contributed by atoms with Crippen LogP contribution in [0.3, 0.4) is 0 Å². The van der Waals surface area contributed by atoms with Gasteiger partial charge in [-0.05, 0) is 43.0 Å². The zero-order valence-electron chi connectivity index (χ0n) is 21.6. The van der Waals surface area contributed by atoms with Crippen LogP contribution >= 0.6 is 0 Å². The summed E-state index contributed by atoms with van der Waals surface area (Å²) < 4.78 is 6.79. The van der Waals surface area contributed by atoms with Gasteiger partial charge in [0.25, 0.3) is 11.5 Å². The third kappa shape index (κ3) is 4.98. The molecule has 2 aliphatic rings. The van der Waals surface area contributed by atoms with Gasteiger partial charge in [0.1, 0.15) is 5.69 Å². The maximum absolute atomic E-state index is 11.6. The molecule has 0 spiro atoms. The molecular weight excluding hydrogens is 520 g/mol. The first-order valence-corrected chi connectivity index (χ1v) is 13.0. The molecule has 2 saturated heterocycles. The number of benzene rings is 1. The van der Waals surface area contributed by atoms with Crippen LogP contribution in [0.25, 0.3) is 17.4 Å². The summed E-state index contributed by atoms with van der Waals surface area (Å²) in [5.74, 6) is 1.20. The fourth-order valence-electron chi connectivity index (χ4n) is 5.45. The van der Waals surface area contributed by atoms with E-state index in [1.54, 1.807) is 18.4 Å². The van der Waals surface area contributed by atoms with E-state index in [2.05, 4.69) is 29.9 Å². The molecule has 5 heterocycles. The molecule has 4 aromatic rings. The van der Waals surface area contributed by atoms with Crippen molar-refractivity contribution in [1.29, 1.82) is 0 Å². The number of aromatic carboxylic acids is 1. The molecule has 208 valence electrons. The Kier molecular flexibility index (Phi) is 6.63. The summed E-state index contributed by atoms with van der Waals surface area (Å²) in [7, 11) is 0. The number of fused-ring (bicyclic) bond motifs is 1. The van der Waals surface area contributed by atoms with Crippen molar-refractivity contribution in [3.8, 4) is 11.6 Å². The van der Waals surface area contributed by atoms with Gasteiger partial charge in [0, 0.05) is 51.9 Å². The fraction of sp³-hybridized carbons (Fsp3) is 0.400. The number of piperidine rings is 1. The number of anilines is 3. The van der Waals surface area contributed by atoms with Gasteiger partial charge in [-0.2, -0.15) is 19.5 Å². The number of nitro benzene ring substituents is 1. The van der Waals surface area contributed by atoms with Crippen LogP contribution in [0.15, 0.2) is 41.0 Å². The number of carboxylic acid groups (broad SMARTS) is 1. The van der Waals surface area contributed by atoms with E-state index in [0.29, 0.717) is 48.0 Å². The number of nitrogen functional groups attached to an aromatic ring is 1. The Bertz CT molecular complexity index is 1550. The van der Waals surface area contributed by atoms with Crippen LogP contribution in [0.1, 0.15) is 23.2 Å². The summed E-state index contributed by atoms with van der Waals surface area (Å²) >= 11 is 0. The Labute approximate surface area is 228 Å². The molecule has 0 saturated carbocycles. The molecular formula is C25H28N10O5. The number of carbonyl (C=O) groups is 1. The van der Waals surface area contributed by atoms with Crippen molar-refractivity contribution in [1.82, 2.24) is 29.5 Å². The van der Waals surface area contributed by atoms with E-state index < -0.39 is 10.9 Å². The van der Waals surface area contributed by atoms with Crippen molar-refractivity contribution < 1.29 is 19.2 Å². The highest BCUT2D eigenvalue weighted by Crippen LogP contribution is 2.31. The molecule has 15 heteroatoms. The molecule has 0 amide bonds. The van der Waals surface area contributed by atoms with Gasteiger partial charge in [-0.15, -0.1) is 5.10 Å². The average Bonchev–Trinajstić information content (AvgIpc) is 3.64. The van der Waals surface area contributed by atoms with Crippen LogP contribution < -0.4 is 15.5 Å². The minimum Gasteiger partial charge on any atom is -0.478 e. The second kappa shape index (κ2) is 10.4. The smallest absolute Gasteiger partial charge is 0.335 e. The first kappa shape index (κ1) is 25.5. The number of nitro groups is 1. The number of piperazine rings is 1. The van der Waals surface area contributed by atoms with Gasteiger partial charge in [-0.1, -0.05) is 0 Å². The molecule has 0 bridgehead atoms. The summed E-state index contributed by atoms with van der Waals surface area (Å²) in [6.45, 7) is 5.20. The number of aromatic nitrogens is 5.